The lowest BCUT2D eigenvalue weighted by molar-refractivity contribution is -0.484. The number of benzene rings is 1. The van der Waals surface area contributed by atoms with Gasteiger partial charge in [0.1, 0.15) is 0 Å². The van der Waals surface area contributed by atoms with Crippen LogP contribution < -0.4 is 0 Å². The van der Waals surface area contributed by atoms with Crippen LogP contribution in [0.1, 0.15) is 11.5 Å². The second kappa shape index (κ2) is 7.82. The van der Waals surface area contributed by atoms with E-state index in [1.54, 1.807) is 0 Å². The number of methoxy groups -OCH3 is 2. The molecular formula is C13H14N2O8. The molecule has 0 saturated carbocycles. The van der Waals surface area contributed by atoms with Gasteiger partial charge in [-0.05, 0) is 0 Å². The molecule has 0 bridgehead atoms. The van der Waals surface area contributed by atoms with Crippen LogP contribution in [-0.2, 0) is 19.1 Å². The smallest absolute Gasteiger partial charge is 0.320 e. The van der Waals surface area contributed by atoms with Gasteiger partial charge in [0.05, 0.1) is 25.1 Å². The zero-order valence-electron chi connectivity index (χ0n) is 12.3. The van der Waals surface area contributed by atoms with E-state index in [9.17, 15) is 29.8 Å². The molecule has 0 N–H and O–H groups in total. The number of hydrogen-bond donors (Lipinski definition) is 0. The van der Waals surface area contributed by atoms with Gasteiger partial charge in [-0.2, -0.15) is 0 Å². The van der Waals surface area contributed by atoms with E-state index in [-0.39, 0.29) is 5.56 Å². The summed E-state index contributed by atoms with van der Waals surface area (Å²) in [7, 11) is 2.00. The van der Waals surface area contributed by atoms with Gasteiger partial charge in [0.25, 0.3) is 5.69 Å². The van der Waals surface area contributed by atoms with Crippen molar-refractivity contribution in [2.24, 2.45) is 5.92 Å². The van der Waals surface area contributed by atoms with Crippen molar-refractivity contribution in [3.05, 3.63) is 50.1 Å². The zero-order chi connectivity index (χ0) is 17.6. The van der Waals surface area contributed by atoms with E-state index in [4.69, 9.17) is 0 Å². The van der Waals surface area contributed by atoms with Crippen LogP contribution in [0.25, 0.3) is 0 Å². The molecule has 0 spiro atoms. The minimum atomic E-state index is -1.68. The number of esters is 2. The van der Waals surface area contributed by atoms with Crippen LogP contribution in [-0.4, -0.2) is 42.5 Å². The van der Waals surface area contributed by atoms with Gasteiger partial charge in [-0.1, -0.05) is 18.2 Å². The fourth-order valence-electron chi connectivity index (χ4n) is 2.19. The monoisotopic (exact) mass is 326 g/mol. The minimum Gasteiger partial charge on any atom is -0.468 e. The summed E-state index contributed by atoms with van der Waals surface area (Å²) in [6.07, 6.45) is 0. The van der Waals surface area contributed by atoms with E-state index in [0.29, 0.717) is 0 Å². The van der Waals surface area contributed by atoms with Gasteiger partial charge in [0.2, 0.25) is 6.54 Å². The van der Waals surface area contributed by atoms with Gasteiger partial charge < -0.3 is 9.47 Å². The number of nitrogens with zero attached hydrogens (tertiary/aromatic N) is 2. The fourth-order valence-corrected chi connectivity index (χ4v) is 2.19. The standard InChI is InChI=1S/C13H14N2O8/c1-22-12(16)11(13(17)23-2)9(7-14(18)19)8-5-3-4-6-10(8)15(20)21/h3-6,9,11H,7H2,1-2H3. The molecule has 1 atom stereocenters. The van der Waals surface area contributed by atoms with E-state index >= 15 is 0 Å². The van der Waals surface area contributed by atoms with Crippen LogP contribution in [0.15, 0.2) is 24.3 Å². The molecule has 1 unspecified atom stereocenters. The van der Waals surface area contributed by atoms with Crippen molar-refractivity contribution in [2.45, 2.75) is 5.92 Å². The van der Waals surface area contributed by atoms with Gasteiger partial charge in [0.15, 0.2) is 5.92 Å². The topological polar surface area (TPSA) is 139 Å². The summed E-state index contributed by atoms with van der Waals surface area (Å²) in [5.74, 6) is -5.22. The number of nitro benzene ring substituents is 1. The molecule has 1 aromatic rings. The Balaban J connectivity index is 3.49. The molecule has 1 aromatic carbocycles. The second-order valence-electron chi connectivity index (χ2n) is 4.46. The maximum absolute atomic E-state index is 11.9. The van der Waals surface area contributed by atoms with E-state index < -0.39 is 45.9 Å². The van der Waals surface area contributed by atoms with Crippen molar-refractivity contribution in [1.82, 2.24) is 0 Å². The van der Waals surface area contributed by atoms with Gasteiger partial charge in [0, 0.05) is 16.6 Å². The highest BCUT2D eigenvalue weighted by atomic mass is 16.6. The van der Waals surface area contributed by atoms with Crippen LogP contribution in [0, 0.1) is 26.1 Å². The zero-order valence-corrected chi connectivity index (χ0v) is 12.3. The molecule has 0 amide bonds. The van der Waals surface area contributed by atoms with Crippen LogP contribution in [0.2, 0.25) is 0 Å². The normalized spacial score (nSPS) is 11.6. The molecule has 0 heterocycles. The largest absolute Gasteiger partial charge is 0.468 e. The highest BCUT2D eigenvalue weighted by molar-refractivity contribution is 5.96. The molecule has 10 heteroatoms. The molecule has 23 heavy (non-hydrogen) atoms. The minimum absolute atomic E-state index is 0.116. The molecule has 0 aliphatic carbocycles. The van der Waals surface area contributed by atoms with Crippen molar-refractivity contribution in [2.75, 3.05) is 20.8 Å². The Hall–Kier alpha value is -3.04. The summed E-state index contributed by atoms with van der Waals surface area (Å²) in [5.41, 5.74) is -0.549. The van der Waals surface area contributed by atoms with E-state index in [1.165, 1.54) is 18.2 Å². The molecule has 0 aliphatic heterocycles. The van der Waals surface area contributed by atoms with Crippen molar-refractivity contribution >= 4 is 17.6 Å². The lowest BCUT2D eigenvalue weighted by Gasteiger charge is -2.20. The molecule has 1 rings (SSSR count). The SMILES string of the molecule is COC(=O)C(C(=O)OC)C(C[N+](=O)[O-])c1ccccc1[N+](=O)[O-]. The number of carbonyl (C=O) groups excluding carboxylic acids is 2. The average molecular weight is 326 g/mol. The first-order valence-electron chi connectivity index (χ1n) is 6.34. The third kappa shape index (κ3) is 4.22. The first-order chi connectivity index (χ1) is 10.8. The predicted octanol–water partition coefficient (Wildman–Crippen LogP) is 0.917. The summed E-state index contributed by atoms with van der Waals surface area (Å²) in [6.45, 7) is -0.875. The quantitative estimate of drug-likeness (QED) is 0.312. The Bertz CT molecular complexity index is 614. The number of nitro groups is 2. The predicted molar refractivity (Wildman–Crippen MR) is 75.2 cm³/mol. The number of hydrogen-bond acceptors (Lipinski definition) is 8. The van der Waals surface area contributed by atoms with Gasteiger partial charge >= 0.3 is 11.9 Å². The summed E-state index contributed by atoms with van der Waals surface area (Å²) in [4.78, 5) is 44.3. The van der Waals surface area contributed by atoms with E-state index in [0.717, 1.165) is 20.3 Å². The number of rotatable bonds is 7. The van der Waals surface area contributed by atoms with Crippen LogP contribution >= 0.6 is 0 Å². The average Bonchev–Trinajstić information content (AvgIpc) is 2.53. The van der Waals surface area contributed by atoms with Crippen LogP contribution in [0.5, 0.6) is 0 Å². The second-order valence-corrected chi connectivity index (χ2v) is 4.46. The molecule has 124 valence electrons. The Morgan fingerprint density at radius 3 is 2.04 bits per heavy atom. The molecule has 0 fully saturated rings. The third-order valence-corrected chi connectivity index (χ3v) is 3.19. The van der Waals surface area contributed by atoms with Crippen molar-refractivity contribution in [3.8, 4) is 0 Å². The highest BCUT2D eigenvalue weighted by Gasteiger charge is 2.43. The Morgan fingerprint density at radius 2 is 1.61 bits per heavy atom. The first-order valence-corrected chi connectivity index (χ1v) is 6.34. The molecule has 0 aromatic heterocycles. The van der Waals surface area contributed by atoms with E-state index in [1.807, 2.05) is 0 Å². The number of para-hydroxylation sites is 1. The molecular weight excluding hydrogens is 312 g/mol. The number of carbonyl (C=O) groups is 2. The summed E-state index contributed by atoms with van der Waals surface area (Å²) in [6, 6.07) is 5.18. The lowest BCUT2D eigenvalue weighted by atomic mass is 9.85. The summed E-state index contributed by atoms with van der Waals surface area (Å²) < 4.78 is 8.97. The van der Waals surface area contributed by atoms with Crippen LogP contribution in [0.3, 0.4) is 0 Å². The Labute approximate surface area is 130 Å². The molecule has 0 radical (unpaired) electrons. The van der Waals surface area contributed by atoms with E-state index in [2.05, 4.69) is 9.47 Å². The Morgan fingerprint density at radius 1 is 1.09 bits per heavy atom. The lowest BCUT2D eigenvalue weighted by Crippen LogP contribution is -2.35. The summed E-state index contributed by atoms with van der Waals surface area (Å²) in [5, 5.41) is 22.0. The van der Waals surface area contributed by atoms with Crippen molar-refractivity contribution in [3.63, 3.8) is 0 Å². The number of ether oxygens (including phenoxy) is 2. The summed E-state index contributed by atoms with van der Waals surface area (Å²) >= 11 is 0. The Kier molecular flexibility index (Phi) is 6.13. The van der Waals surface area contributed by atoms with Gasteiger partial charge in [-0.3, -0.25) is 29.8 Å². The molecule has 10 nitrogen and oxygen atoms in total. The van der Waals surface area contributed by atoms with Gasteiger partial charge in [-0.25, -0.2) is 0 Å². The van der Waals surface area contributed by atoms with Gasteiger partial charge in [-0.15, -0.1) is 0 Å². The van der Waals surface area contributed by atoms with Crippen molar-refractivity contribution in [1.29, 1.82) is 0 Å². The van der Waals surface area contributed by atoms with Crippen LogP contribution in [0.4, 0.5) is 5.69 Å². The fraction of sp³-hybridized carbons (Fsp3) is 0.385. The first kappa shape index (κ1) is 18.0. The molecule has 0 saturated heterocycles. The third-order valence-electron chi connectivity index (χ3n) is 3.19. The highest BCUT2D eigenvalue weighted by Crippen LogP contribution is 2.33. The maximum Gasteiger partial charge on any atom is 0.320 e. The van der Waals surface area contributed by atoms with Crippen molar-refractivity contribution < 1.29 is 28.9 Å². The molecule has 0 aliphatic rings. The maximum atomic E-state index is 11.9.